The van der Waals surface area contributed by atoms with E-state index in [1.807, 2.05) is 0 Å². The summed E-state index contributed by atoms with van der Waals surface area (Å²) in [5.41, 5.74) is 0.438. The highest BCUT2D eigenvalue weighted by Gasteiger charge is 2.22. The van der Waals surface area contributed by atoms with Gasteiger partial charge in [0, 0.05) is 24.6 Å². The van der Waals surface area contributed by atoms with Crippen LogP contribution in [-0.2, 0) is 4.79 Å². The van der Waals surface area contributed by atoms with Gasteiger partial charge in [0.2, 0.25) is 5.91 Å². The number of rotatable bonds is 4. The zero-order valence-electron chi connectivity index (χ0n) is 10.1. The molecule has 3 N–H and O–H groups in total. The van der Waals surface area contributed by atoms with E-state index in [4.69, 9.17) is 11.6 Å². The topological polar surface area (TPSA) is 69.6 Å². The molecule has 0 heterocycles. The lowest BCUT2D eigenvalue weighted by Gasteiger charge is -2.20. The van der Waals surface area contributed by atoms with E-state index in [9.17, 15) is 19.4 Å². The highest BCUT2D eigenvalue weighted by atomic mass is 35.5. The monoisotopic (exact) mass is 275 g/mol. The summed E-state index contributed by atoms with van der Waals surface area (Å²) in [6.07, 6.45) is -2.50. The molecule has 4 nitrogen and oxygen atoms in total. The van der Waals surface area contributed by atoms with Crippen molar-refractivity contribution in [1.29, 1.82) is 0 Å². The molecular formula is C12H15ClFNO3. The van der Waals surface area contributed by atoms with E-state index in [-0.39, 0.29) is 28.6 Å². The van der Waals surface area contributed by atoms with Gasteiger partial charge in [0.05, 0.1) is 5.02 Å². The summed E-state index contributed by atoms with van der Waals surface area (Å²) >= 11 is 5.90. The molecule has 2 unspecified atom stereocenters. The van der Waals surface area contributed by atoms with E-state index in [0.717, 1.165) is 0 Å². The molecule has 1 aromatic carbocycles. The van der Waals surface area contributed by atoms with Crippen molar-refractivity contribution in [2.24, 2.45) is 0 Å². The van der Waals surface area contributed by atoms with Crippen LogP contribution in [0.5, 0.6) is 0 Å². The zero-order chi connectivity index (χ0) is 13.9. The summed E-state index contributed by atoms with van der Waals surface area (Å²) in [5.74, 6) is -0.796. The Morgan fingerprint density at radius 2 is 2.11 bits per heavy atom. The Bertz CT molecular complexity index is 453. The molecule has 0 bridgehead atoms. The van der Waals surface area contributed by atoms with Crippen molar-refractivity contribution >= 4 is 17.5 Å². The van der Waals surface area contributed by atoms with Crippen LogP contribution < -0.4 is 5.32 Å². The number of carbonyl (C=O) groups is 1. The Hall–Kier alpha value is -1.17. The molecule has 1 aromatic rings. The van der Waals surface area contributed by atoms with Crippen LogP contribution in [0.4, 0.5) is 4.39 Å². The van der Waals surface area contributed by atoms with Crippen molar-refractivity contribution in [3.8, 4) is 0 Å². The van der Waals surface area contributed by atoms with Crippen molar-refractivity contribution in [2.45, 2.75) is 26.1 Å². The van der Waals surface area contributed by atoms with Gasteiger partial charge in [0.1, 0.15) is 18.0 Å². The van der Waals surface area contributed by atoms with Gasteiger partial charge >= 0.3 is 0 Å². The van der Waals surface area contributed by atoms with Gasteiger partial charge in [-0.05, 0) is 13.0 Å². The summed E-state index contributed by atoms with van der Waals surface area (Å²) in [6, 6.07) is 2.48. The molecule has 1 amide bonds. The highest BCUT2D eigenvalue weighted by molar-refractivity contribution is 6.32. The van der Waals surface area contributed by atoms with Crippen LogP contribution in [0.1, 0.15) is 24.2 Å². The molecule has 18 heavy (non-hydrogen) atoms. The summed E-state index contributed by atoms with van der Waals surface area (Å²) in [6.45, 7) is 2.67. The molecule has 0 saturated heterocycles. The number of aliphatic hydroxyl groups excluding tert-OH is 2. The lowest BCUT2D eigenvalue weighted by Crippen LogP contribution is -2.34. The third kappa shape index (κ3) is 3.41. The van der Waals surface area contributed by atoms with Crippen LogP contribution >= 0.6 is 11.6 Å². The molecule has 0 aliphatic heterocycles. The van der Waals surface area contributed by atoms with E-state index in [2.05, 4.69) is 5.32 Å². The number of benzene rings is 1. The smallest absolute Gasteiger partial charge is 0.216 e. The van der Waals surface area contributed by atoms with E-state index in [0.29, 0.717) is 0 Å². The molecule has 1 rings (SSSR count). The van der Waals surface area contributed by atoms with Crippen molar-refractivity contribution in [1.82, 2.24) is 5.32 Å². The molecule has 0 fully saturated rings. The van der Waals surface area contributed by atoms with Crippen LogP contribution in [0.25, 0.3) is 0 Å². The number of nitrogens with one attached hydrogen (secondary N) is 1. The van der Waals surface area contributed by atoms with Crippen molar-refractivity contribution in [2.75, 3.05) is 6.54 Å². The third-order valence-electron chi connectivity index (χ3n) is 2.59. The van der Waals surface area contributed by atoms with E-state index in [1.165, 1.54) is 26.0 Å². The quantitative estimate of drug-likeness (QED) is 0.776. The molecule has 6 heteroatoms. The first kappa shape index (κ1) is 14.9. The minimum absolute atomic E-state index is 0.0735. The van der Waals surface area contributed by atoms with Gasteiger partial charge in [-0.15, -0.1) is 0 Å². The minimum atomic E-state index is -1.29. The van der Waals surface area contributed by atoms with Gasteiger partial charge in [-0.1, -0.05) is 17.7 Å². The second-order valence-electron chi connectivity index (χ2n) is 4.02. The van der Waals surface area contributed by atoms with Crippen LogP contribution in [-0.4, -0.2) is 28.8 Å². The standard InChI is InChI=1S/C12H15ClFNO3/c1-6-9(14)4-3-8(11(6)13)12(18)10(17)5-15-7(2)16/h3-4,10,12,17-18H,5H2,1-2H3,(H,15,16). The Labute approximate surface area is 109 Å². The maximum Gasteiger partial charge on any atom is 0.216 e. The fourth-order valence-electron chi connectivity index (χ4n) is 1.48. The number of amides is 1. The number of hydrogen-bond acceptors (Lipinski definition) is 3. The maximum absolute atomic E-state index is 13.2. The summed E-state index contributed by atoms with van der Waals surface area (Å²) < 4.78 is 13.2. The van der Waals surface area contributed by atoms with Gasteiger partial charge in [0.15, 0.2) is 0 Å². The summed E-state index contributed by atoms with van der Waals surface area (Å²) in [5, 5.41) is 22.0. The summed E-state index contributed by atoms with van der Waals surface area (Å²) in [7, 11) is 0. The Kier molecular flexibility index (Phi) is 5.07. The SMILES string of the molecule is CC(=O)NCC(O)C(O)c1ccc(F)c(C)c1Cl. The van der Waals surface area contributed by atoms with Gasteiger partial charge in [0.25, 0.3) is 0 Å². The number of halogens is 2. The molecule has 0 aliphatic rings. The summed E-state index contributed by atoms with van der Waals surface area (Å²) in [4.78, 5) is 10.7. The molecule has 0 saturated carbocycles. The largest absolute Gasteiger partial charge is 0.388 e. The van der Waals surface area contributed by atoms with E-state index in [1.54, 1.807) is 0 Å². The van der Waals surface area contributed by atoms with Crippen LogP contribution in [0.15, 0.2) is 12.1 Å². The first-order chi connectivity index (χ1) is 8.34. The highest BCUT2D eigenvalue weighted by Crippen LogP contribution is 2.29. The van der Waals surface area contributed by atoms with Crippen molar-refractivity contribution in [3.05, 3.63) is 34.1 Å². The third-order valence-corrected chi connectivity index (χ3v) is 3.10. The second-order valence-corrected chi connectivity index (χ2v) is 4.40. The molecule has 0 aromatic heterocycles. The molecule has 0 aliphatic carbocycles. The van der Waals surface area contributed by atoms with Crippen molar-refractivity contribution < 1.29 is 19.4 Å². The Morgan fingerprint density at radius 1 is 1.50 bits per heavy atom. The lowest BCUT2D eigenvalue weighted by atomic mass is 10.0. The molecule has 0 radical (unpaired) electrons. The normalized spacial score (nSPS) is 14.1. The fraction of sp³-hybridized carbons (Fsp3) is 0.417. The Balaban J connectivity index is 2.86. The van der Waals surface area contributed by atoms with Crippen LogP contribution in [0.3, 0.4) is 0 Å². The van der Waals surface area contributed by atoms with Gasteiger partial charge in [-0.25, -0.2) is 4.39 Å². The predicted octanol–water partition coefficient (Wildman–Crippen LogP) is 1.32. The van der Waals surface area contributed by atoms with Gasteiger partial charge < -0.3 is 15.5 Å². The molecule has 100 valence electrons. The van der Waals surface area contributed by atoms with Crippen LogP contribution in [0, 0.1) is 12.7 Å². The van der Waals surface area contributed by atoms with Gasteiger partial charge in [-0.3, -0.25) is 4.79 Å². The fourth-order valence-corrected chi connectivity index (χ4v) is 1.74. The first-order valence-electron chi connectivity index (χ1n) is 5.39. The van der Waals surface area contributed by atoms with E-state index >= 15 is 0 Å². The maximum atomic E-state index is 13.2. The molecule has 2 atom stereocenters. The van der Waals surface area contributed by atoms with Crippen LogP contribution in [0.2, 0.25) is 5.02 Å². The lowest BCUT2D eigenvalue weighted by molar-refractivity contribution is -0.119. The van der Waals surface area contributed by atoms with Gasteiger partial charge in [-0.2, -0.15) is 0 Å². The van der Waals surface area contributed by atoms with Crippen molar-refractivity contribution in [3.63, 3.8) is 0 Å². The number of carbonyl (C=O) groups excluding carboxylic acids is 1. The molecule has 0 spiro atoms. The minimum Gasteiger partial charge on any atom is -0.388 e. The zero-order valence-corrected chi connectivity index (χ0v) is 10.8. The average Bonchev–Trinajstić information content (AvgIpc) is 2.32. The average molecular weight is 276 g/mol. The Morgan fingerprint density at radius 3 is 2.67 bits per heavy atom. The number of aliphatic hydroxyl groups is 2. The number of hydrogen-bond donors (Lipinski definition) is 3. The second kappa shape index (κ2) is 6.13. The predicted molar refractivity (Wildman–Crippen MR) is 65.8 cm³/mol. The molecular weight excluding hydrogens is 261 g/mol. The first-order valence-corrected chi connectivity index (χ1v) is 5.77. The van der Waals surface area contributed by atoms with E-state index < -0.39 is 18.0 Å².